The molecule has 1 aromatic carbocycles. The minimum Gasteiger partial charge on any atom is -0.459 e. The van der Waals surface area contributed by atoms with Gasteiger partial charge in [-0.05, 0) is 43.2 Å². The van der Waals surface area contributed by atoms with Crippen LogP contribution in [0, 0.1) is 5.92 Å². The lowest BCUT2D eigenvalue weighted by Crippen LogP contribution is -2.41. The maximum Gasteiger partial charge on any atom is 0.289 e. The molecular weight excluding hydrogens is 351 g/mol. The molecule has 5 nitrogen and oxygen atoms in total. The van der Waals surface area contributed by atoms with Crippen LogP contribution in [0.4, 0.5) is 5.69 Å². The van der Waals surface area contributed by atoms with Crippen LogP contribution in [0.2, 0.25) is 10.0 Å². The first-order valence-electron chi connectivity index (χ1n) is 7.63. The van der Waals surface area contributed by atoms with Crippen molar-refractivity contribution in [2.45, 2.75) is 12.8 Å². The van der Waals surface area contributed by atoms with Gasteiger partial charge in [0, 0.05) is 24.0 Å². The molecule has 126 valence electrons. The normalized spacial score (nSPS) is 15.3. The van der Waals surface area contributed by atoms with E-state index in [-0.39, 0.29) is 17.7 Å². The number of nitrogens with zero attached hydrogens (tertiary/aromatic N) is 1. The van der Waals surface area contributed by atoms with Gasteiger partial charge in [0.25, 0.3) is 5.91 Å². The molecule has 0 saturated carbocycles. The molecule has 1 aliphatic rings. The third-order valence-corrected chi connectivity index (χ3v) is 4.62. The summed E-state index contributed by atoms with van der Waals surface area (Å²) in [5.74, 6) is -0.0628. The first-order valence-corrected chi connectivity index (χ1v) is 8.39. The van der Waals surface area contributed by atoms with Gasteiger partial charge >= 0.3 is 0 Å². The van der Waals surface area contributed by atoms with Crippen molar-refractivity contribution in [3.8, 4) is 0 Å². The highest BCUT2D eigenvalue weighted by molar-refractivity contribution is 6.36. The van der Waals surface area contributed by atoms with Crippen LogP contribution in [0.5, 0.6) is 0 Å². The van der Waals surface area contributed by atoms with Crippen molar-refractivity contribution in [3.05, 3.63) is 52.4 Å². The molecule has 0 unspecified atom stereocenters. The Bertz CT molecular complexity index is 738. The van der Waals surface area contributed by atoms with Crippen molar-refractivity contribution in [2.24, 2.45) is 5.92 Å². The monoisotopic (exact) mass is 366 g/mol. The highest BCUT2D eigenvalue weighted by Gasteiger charge is 2.29. The van der Waals surface area contributed by atoms with Crippen molar-refractivity contribution >= 4 is 40.7 Å². The number of amides is 2. The topological polar surface area (TPSA) is 62.6 Å². The van der Waals surface area contributed by atoms with Gasteiger partial charge in [-0.15, -0.1) is 0 Å². The number of piperidine rings is 1. The zero-order valence-electron chi connectivity index (χ0n) is 12.8. The number of carbonyl (C=O) groups excluding carboxylic acids is 2. The van der Waals surface area contributed by atoms with Gasteiger partial charge < -0.3 is 14.6 Å². The molecule has 0 radical (unpaired) electrons. The zero-order chi connectivity index (χ0) is 17.1. The SMILES string of the molecule is O=C(Nc1ccc(Cl)cc1Cl)C1CCN(C(=O)c2ccco2)CC1. The summed E-state index contributed by atoms with van der Waals surface area (Å²) >= 11 is 11.9. The third-order valence-electron chi connectivity index (χ3n) is 4.07. The first kappa shape index (κ1) is 16.9. The molecule has 0 aliphatic carbocycles. The van der Waals surface area contributed by atoms with E-state index >= 15 is 0 Å². The van der Waals surface area contributed by atoms with E-state index in [4.69, 9.17) is 27.6 Å². The molecule has 24 heavy (non-hydrogen) atoms. The summed E-state index contributed by atoms with van der Waals surface area (Å²) < 4.78 is 5.13. The minimum absolute atomic E-state index is 0.0932. The first-order chi connectivity index (χ1) is 11.5. The summed E-state index contributed by atoms with van der Waals surface area (Å²) in [5, 5.41) is 3.75. The Morgan fingerprint density at radius 1 is 1.17 bits per heavy atom. The summed E-state index contributed by atoms with van der Waals surface area (Å²) in [6.45, 7) is 1.04. The van der Waals surface area contributed by atoms with Crippen LogP contribution in [0.3, 0.4) is 0 Å². The van der Waals surface area contributed by atoms with Crippen molar-refractivity contribution in [2.75, 3.05) is 18.4 Å². The number of anilines is 1. The molecule has 3 rings (SSSR count). The Labute approximate surface area is 149 Å². The van der Waals surface area contributed by atoms with E-state index in [1.165, 1.54) is 6.26 Å². The molecule has 2 heterocycles. The fourth-order valence-corrected chi connectivity index (χ4v) is 3.18. The number of carbonyl (C=O) groups is 2. The number of hydrogen-bond acceptors (Lipinski definition) is 3. The largest absolute Gasteiger partial charge is 0.459 e. The Balaban J connectivity index is 1.56. The van der Waals surface area contributed by atoms with E-state index in [2.05, 4.69) is 5.32 Å². The van der Waals surface area contributed by atoms with Crippen LogP contribution in [0.15, 0.2) is 41.0 Å². The van der Waals surface area contributed by atoms with E-state index < -0.39 is 0 Å². The molecule has 1 fully saturated rings. The van der Waals surface area contributed by atoms with Gasteiger partial charge in [-0.2, -0.15) is 0 Å². The molecule has 0 spiro atoms. The van der Waals surface area contributed by atoms with E-state index in [1.807, 2.05) is 0 Å². The Morgan fingerprint density at radius 3 is 2.54 bits per heavy atom. The molecule has 2 amide bonds. The number of benzene rings is 1. The van der Waals surface area contributed by atoms with Crippen LogP contribution < -0.4 is 5.32 Å². The lowest BCUT2D eigenvalue weighted by atomic mass is 9.95. The second kappa shape index (κ2) is 7.28. The van der Waals surface area contributed by atoms with Gasteiger partial charge in [-0.25, -0.2) is 0 Å². The van der Waals surface area contributed by atoms with Crippen molar-refractivity contribution in [3.63, 3.8) is 0 Å². The number of halogens is 2. The molecule has 0 bridgehead atoms. The van der Waals surface area contributed by atoms with Gasteiger partial charge in [-0.1, -0.05) is 23.2 Å². The molecule has 0 atom stereocenters. The second-order valence-corrected chi connectivity index (χ2v) is 6.50. The van der Waals surface area contributed by atoms with Crippen LogP contribution >= 0.6 is 23.2 Å². The summed E-state index contributed by atoms with van der Waals surface area (Å²) in [6, 6.07) is 8.27. The van der Waals surface area contributed by atoms with E-state index in [9.17, 15) is 9.59 Å². The summed E-state index contributed by atoms with van der Waals surface area (Å²) in [6.07, 6.45) is 2.68. The zero-order valence-corrected chi connectivity index (χ0v) is 14.3. The smallest absolute Gasteiger partial charge is 0.289 e. The molecule has 7 heteroatoms. The highest BCUT2D eigenvalue weighted by Crippen LogP contribution is 2.27. The fourth-order valence-electron chi connectivity index (χ4n) is 2.73. The van der Waals surface area contributed by atoms with E-state index in [0.29, 0.717) is 47.4 Å². The van der Waals surface area contributed by atoms with Crippen molar-refractivity contribution in [1.29, 1.82) is 0 Å². The average molecular weight is 367 g/mol. The molecule has 1 aliphatic heterocycles. The van der Waals surface area contributed by atoms with Crippen LogP contribution in [0.1, 0.15) is 23.4 Å². The fraction of sp³-hybridized carbons (Fsp3) is 0.294. The summed E-state index contributed by atoms with van der Waals surface area (Å²) in [7, 11) is 0. The van der Waals surface area contributed by atoms with Gasteiger partial charge in [0.1, 0.15) is 0 Å². The standard InChI is InChI=1S/C17H16Cl2N2O3/c18-12-3-4-14(13(19)10-12)20-16(22)11-5-7-21(8-6-11)17(23)15-2-1-9-24-15/h1-4,9-11H,5-8H2,(H,20,22). The average Bonchev–Trinajstić information content (AvgIpc) is 3.11. The van der Waals surface area contributed by atoms with Gasteiger partial charge in [-0.3, -0.25) is 9.59 Å². The highest BCUT2D eigenvalue weighted by atomic mass is 35.5. The number of likely N-dealkylation sites (tertiary alicyclic amines) is 1. The molecule has 2 aromatic rings. The van der Waals surface area contributed by atoms with Crippen LogP contribution in [0.25, 0.3) is 0 Å². The Morgan fingerprint density at radius 2 is 1.92 bits per heavy atom. The second-order valence-electron chi connectivity index (χ2n) is 5.66. The number of furan rings is 1. The molecular formula is C17H16Cl2N2O3. The maximum atomic E-state index is 12.4. The van der Waals surface area contributed by atoms with Crippen molar-refractivity contribution in [1.82, 2.24) is 4.90 Å². The van der Waals surface area contributed by atoms with Gasteiger partial charge in [0.15, 0.2) is 5.76 Å². The molecule has 1 N–H and O–H groups in total. The quantitative estimate of drug-likeness (QED) is 0.889. The predicted octanol–water partition coefficient (Wildman–Crippen LogP) is 4.08. The minimum atomic E-state index is -0.155. The van der Waals surface area contributed by atoms with E-state index in [1.54, 1.807) is 35.2 Å². The Hall–Kier alpha value is -1.98. The number of rotatable bonds is 3. The molecule has 1 aromatic heterocycles. The Kier molecular flexibility index (Phi) is 5.11. The third kappa shape index (κ3) is 3.74. The predicted molar refractivity (Wildman–Crippen MR) is 92.4 cm³/mol. The van der Waals surface area contributed by atoms with Gasteiger partial charge in [0.05, 0.1) is 17.0 Å². The van der Waals surface area contributed by atoms with Crippen molar-refractivity contribution < 1.29 is 14.0 Å². The van der Waals surface area contributed by atoms with Crippen LogP contribution in [-0.4, -0.2) is 29.8 Å². The lowest BCUT2D eigenvalue weighted by Gasteiger charge is -2.30. The number of nitrogens with one attached hydrogen (secondary N) is 1. The van der Waals surface area contributed by atoms with Crippen LogP contribution in [-0.2, 0) is 4.79 Å². The number of hydrogen-bond donors (Lipinski definition) is 1. The maximum absolute atomic E-state index is 12.4. The lowest BCUT2D eigenvalue weighted by molar-refractivity contribution is -0.121. The summed E-state index contributed by atoms with van der Waals surface area (Å²) in [4.78, 5) is 26.3. The van der Waals surface area contributed by atoms with Gasteiger partial charge in [0.2, 0.25) is 5.91 Å². The van der Waals surface area contributed by atoms with E-state index in [0.717, 1.165) is 0 Å². The molecule has 1 saturated heterocycles. The summed E-state index contributed by atoms with van der Waals surface area (Å²) in [5.41, 5.74) is 0.542.